The Morgan fingerprint density at radius 3 is 2.94 bits per heavy atom. The smallest absolute Gasteiger partial charge is 0.143 e. The van der Waals surface area contributed by atoms with Crippen LogP contribution in [0.25, 0.3) is 0 Å². The second-order valence-electron chi connectivity index (χ2n) is 3.43. The number of hydrogen-bond donors (Lipinski definition) is 3. The van der Waals surface area contributed by atoms with Gasteiger partial charge in [0.15, 0.2) is 0 Å². The predicted molar refractivity (Wildman–Crippen MR) is 62.5 cm³/mol. The van der Waals surface area contributed by atoms with Crippen LogP contribution in [0, 0.1) is 11.7 Å². The third-order valence-electron chi connectivity index (χ3n) is 2.15. The third kappa shape index (κ3) is 3.27. The van der Waals surface area contributed by atoms with Crippen LogP contribution in [0.3, 0.4) is 0 Å². The van der Waals surface area contributed by atoms with Gasteiger partial charge in [-0.25, -0.2) is 4.39 Å². The molecule has 0 aliphatic heterocycles. The van der Waals surface area contributed by atoms with Crippen LogP contribution in [0.1, 0.15) is 6.92 Å². The molecule has 6 heteroatoms. The van der Waals surface area contributed by atoms with Crippen molar-refractivity contribution in [2.45, 2.75) is 6.92 Å². The summed E-state index contributed by atoms with van der Waals surface area (Å²) in [5.41, 5.74) is 6.02. The summed E-state index contributed by atoms with van der Waals surface area (Å²) in [4.78, 5) is 0. The minimum atomic E-state index is -0.389. The van der Waals surface area contributed by atoms with Gasteiger partial charge in [-0.05, 0) is 18.2 Å². The summed E-state index contributed by atoms with van der Waals surface area (Å²) in [7, 11) is 0. The first-order valence-electron chi connectivity index (χ1n) is 4.71. The van der Waals surface area contributed by atoms with Crippen LogP contribution in [-0.4, -0.2) is 17.6 Å². The summed E-state index contributed by atoms with van der Waals surface area (Å²) in [5, 5.41) is 14.6. The number of nitrogens with two attached hydrogens (primary N) is 1. The van der Waals surface area contributed by atoms with Gasteiger partial charge in [-0.15, -0.1) is 0 Å². The molecule has 4 N–H and O–H groups in total. The molecule has 1 rings (SSSR count). The lowest BCUT2D eigenvalue weighted by Crippen LogP contribution is -2.27. The zero-order chi connectivity index (χ0) is 12.1. The van der Waals surface area contributed by atoms with E-state index in [1.54, 1.807) is 6.92 Å². The van der Waals surface area contributed by atoms with E-state index in [1.165, 1.54) is 18.2 Å². The number of nitrogens with one attached hydrogen (secondary N) is 1. The maximum atomic E-state index is 12.7. The van der Waals surface area contributed by atoms with Crippen molar-refractivity contribution < 1.29 is 9.60 Å². The molecule has 88 valence electrons. The highest BCUT2D eigenvalue weighted by Crippen LogP contribution is 2.22. The highest BCUT2D eigenvalue weighted by molar-refractivity contribution is 6.33. The lowest BCUT2D eigenvalue weighted by molar-refractivity contribution is 0.315. The second-order valence-corrected chi connectivity index (χ2v) is 3.84. The van der Waals surface area contributed by atoms with Crippen LogP contribution in [-0.2, 0) is 0 Å². The Labute approximate surface area is 97.9 Å². The molecule has 4 nitrogen and oxygen atoms in total. The zero-order valence-electron chi connectivity index (χ0n) is 8.74. The first-order chi connectivity index (χ1) is 7.54. The largest absolute Gasteiger partial charge is 0.409 e. The van der Waals surface area contributed by atoms with E-state index in [0.29, 0.717) is 17.3 Å². The standard InChI is InChI=1S/C10H13ClFN3O/c1-6(10(13)15-16)5-14-9-3-2-7(12)4-8(9)11/h2-4,6,14,16H,5H2,1H3,(H2,13,15). The monoisotopic (exact) mass is 245 g/mol. The Balaban J connectivity index is 2.61. The summed E-state index contributed by atoms with van der Waals surface area (Å²) < 4.78 is 12.7. The zero-order valence-corrected chi connectivity index (χ0v) is 9.50. The highest BCUT2D eigenvalue weighted by Gasteiger charge is 2.08. The Morgan fingerprint density at radius 1 is 1.69 bits per heavy atom. The molecule has 0 heterocycles. The average molecular weight is 246 g/mol. The van der Waals surface area contributed by atoms with Crippen molar-refractivity contribution in [3.05, 3.63) is 29.0 Å². The van der Waals surface area contributed by atoms with Gasteiger partial charge in [0, 0.05) is 12.5 Å². The van der Waals surface area contributed by atoms with E-state index in [2.05, 4.69) is 10.5 Å². The normalized spacial score (nSPS) is 13.6. The van der Waals surface area contributed by atoms with Gasteiger partial charge >= 0.3 is 0 Å². The van der Waals surface area contributed by atoms with Crippen LogP contribution >= 0.6 is 11.6 Å². The molecule has 1 aromatic carbocycles. The Hall–Kier alpha value is -1.49. The molecule has 0 aliphatic rings. The van der Waals surface area contributed by atoms with Crippen molar-refractivity contribution in [3.63, 3.8) is 0 Å². The first kappa shape index (κ1) is 12.6. The molecule has 1 aromatic rings. The van der Waals surface area contributed by atoms with Crippen molar-refractivity contribution in [3.8, 4) is 0 Å². The van der Waals surface area contributed by atoms with Gasteiger partial charge in [0.05, 0.1) is 10.7 Å². The van der Waals surface area contributed by atoms with E-state index in [-0.39, 0.29) is 17.6 Å². The molecule has 0 fully saturated rings. The van der Waals surface area contributed by atoms with Crippen molar-refractivity contribution in [2.24, 2.45) is 16.8 Å². The first-order valence-corrected chi connectivity index (χ1v) is 5.08. The van der Waals surface area contributed by atoms with E-state index < -0.39 is 0 Å². The van der Waals surface area contributed by atoms with Crippen LogP contribution in [0.15, 0.2) is 23.4 Å². The molecule has 0 saturated carbocycles. The molecular weight excluding hydrogens is 233 g/mol. The molecule has 0 bridgehead atoms. The number of hydrogen-bond acceptors (Lipinski definition) is 3. The molecule has 16 heavy (non-hydrogen) atoms. The van der Waals surface area contributed by atoms with E-state index >= 15 is 0 Å². The maximum absolute atomic E-state index is 12.7. The minimum Gasteiger partial charge on any atom is -0.409 e. The molecule has 0 radical (unpaired) electrons. The number of anilines is 1. The number of rotatable bonds is 4. The quantitative estimate of drug-likeness (QED) is 0.330. The van der Waals surface area contributed by atoms with Crippen molar-refractivity contribution in [2.75, 3.05) is 11.9 Å². The highest BCUT2D eigenvalue weighted by atomic mass is 35.5. The van der Waals surface area contributed by atoms with Crippen LogP contribution in [0.2, 0.25) is 5.02 Å². The summed E-state index contributed by atoms with van der Waals surface area (Å²) >= 11 is 5.81. The van der Waals surface area contributed by atoms with E-state index in [9.17, 15) is 4.39 Å². The molecule has 0 spiro atoms. The fourth-order valence-corrected chi connectivity index (χ4v) is 1.33. The topological polar surface area (TPSA) is 70.6 Å². The Morgan fingerprint density at radius 2 is 2.38 bits per heavy atom. The van der Waals surface area contributed by atoms with E-state index in [4.69, 9.17) is 22.5 Å². The van der Waals surface area contributed by atoms with Crippen LogP contribution in [0.4, 0.5) is 10.1 Å². The maximum Gasteiger partial charge on any atom is 0.143 e. The molecular formula is C10H13ClFN3O. The van der Waals surface area contributed by atoms with Gasteiger partial charge in [0.2, 0.25) is 0 Å². The molecule has 0 amide bonds. The number of halogens is 2. The van der Waals surface area contributed by atoms with Gasteiger partial charge in [-0.2, -0.15) is 0 Å². The Kier molecular flexibility index (Phi) is 4.37. The van der Waals surface area contributed by atoms with Crippen LogP contribution < -0.4 is 11.1 Å². The molecule has 0 saturated heterocycles. The summed E-state index contributed by atoms with van der Waals surface area (Å²) in [5.74, 6) is -0.406. The number of nitrogens with zero attached hydrogens (tertiary/aromatic N) is 1. The van der Waals surface area contributed by atoms with Crippen LogP contribution in [0.5, 0.6) is 0 Å². The van der Waals surface area contributed by atoms with E-state index in [1.807, 2.05) is 0 Å². The Bertz CT molecular complexity index is 398. The predicted octanol–water partition coefficient (Wildman–Crippen LogP) is 2.27. The van der Waals surface area contributed by atoms with Crippen molar-refractivity contribution >= 4 is 23.1 Å². The third-order valence-corrected chi connectivity index (χ3v) is 2.46. The summed E-state index contributed by atoms with van der Waals surface area (Å²) in [6.07, 6.45) is 0. The second kappa shape index (κ2) is 5.55. The fraction of sp³-hybridized carbons (Fsp3) is 0.300. The number of amidine groups is 1. The lowest BCUT2D eigenvalue weighted by Gasteiger charge is -2.13. The van der Waals surface area contributed by atoms with Crippen molar-refractivity contribution in [1.29, 1.82) is 0 Å². The van der Waals surface area contributed by atoms with Gasteiger partial charge in [-0.3, -0.25) is 0 Å². The number of oxime groups is 1. The van der Waals surface area contributed by atoms with Gasteiger partial charge in [0.25, 0.3) is 0 Å². The summed E-state index contributed by atoms with van der Waals surface area (Å²) in [6, 6.07) is 4.07. The van der Waals surface area contributed by atoms with E-state index in [0.717, 1.165) is 0 Å². The fourth-order valence-electron chi connectivity index (χ4n) is 1.10. The number of benzene rings is 1. The average Bonchev–Trinajstić information content (AvgIpc) is 2.26. The molecule has 1 unspecified atom stereocenters. The van der Waals surface area contributed by atoms with Gasteiger partial charge < -0.3 is 16.3 Å². The summed E-state index contributed by atoms with van der Waals surface area (Å²) in [6.45, 7) is 2.24. The molecule has 0 aromatic heterocycles. The minimum absolute atomic E-state index is 0.130. The SMILES string of the molecule is CC(CNc1ccc(F)cc1Cl)C(N)=NO. The van der Waals surface area contributed by atoms with Gasteiger partial charge in [0.1, 0.15) is 11.7 Å². The molecule has 1 atom stereocenters. The van der Waals surface area contributed by atoms with Crippen molar-refractivity contribution in [1.82, 2.24) is 0 Å². The molecule has 0 aliphatic carbocycles. The lowest BCUT2D eigenvalue weighted by atomic mass is 10.1. The van der Waals surface area contributed by atoms with Gasteiger partial charge in [-0.1, -0.05) is 23.7 Å².